The van der Waals surface area contributed by atoms with Crippen molar-refractivity contribution in [2.45, 2.75) is 20.0 Å². The lowest BCUT2D eigenvalue weighted by Crippen LogP contribution is -2.27. The lowest BCUT2D eigenvalue weighted by molar-refractivity contribution is -0.137. The molecule has 4 nitrogen and oxygen atoms in total. The monoisotopic (exact) mass is 443 g/mol. The highest BCUT2D eigenvalue weighted by Gasteiger charge is 2.36. The second kappa shape index (κ2) is 7.77. The molecule has 0 bridgehead atoms. The van der Waals surface area contributed by atoms with Crippen LogP contribution in [0.2, 0.25) is 0 Å². The first-order chi connectivity index (χ1) is 14.6. The first kappa shape index (κ1) is 21.0. The van der Waals surface area contributed by atoms with Crippen molar-refractivity contribution in [1.82, 2.24) is 0 Å². The number of anilines is 1. The Hall–Kier alpha value is -3.26. The molecular formula is C23H16F3NO3S. The van der Waals surface area contributed by atoms with Gasteiger partial charge in [-0.15, -0.1) is 0 Å². The third-order valence-corrected chi connectivity index (χ3v) is 5.79. The van der Waals surface area contributed by atoms with E-state index in [1.54, 1.807) is 18.2 Å². The van der Waals surface area contributed by atoms with E-state index < -0.39 is 22.9 Å². The van der Waals surface area contributed by atoms with E-state index >= 15 is 0 Å². The highest BCUT2D eigenvalue weighted by atomic mass is 32.2. The number of imide groups is 1. The Kier molecular flexibility index (Phi) is 5.26. The van der Waals surface area contributed by atoms with Crippen LogP contribution in [0.1, 0.15) is 22.5 Å². The normalized spacial score (nSPS) is 15.9. The fraction of sp³-hybridized carbons (Fsp3) is 0.130. The van der Waals surface area contributed by atoms with Crippen LogP contribution >= 0.6 is 11.8 Å². The molecule has 4 rings (SSSR count). The maximum absolute atomic E-state index is 12.9. The maximum Gasteiger partial charge on any atom is 0.416 e. The van der Waals surface area contributed by atoms with Gasteiger partial charge in [0.15, 0.2) is 0 Å². The van der Waals surface area contributed by atoms with E-state index in [0.717, 1.165) is 39.9 Å². The van der Waals surface area contributed by atoms with Crippen LogP contribution < -0.4 is 4.90 Å². The molecule has 1 aliphatic rings. The summed E-state index contributed by atoms with van der Waals surface area (Å²) in [6.07, 6.45) is -3.04. The molecule has 2 amide bonds. The zero-order valence-electron chi connectivity index (χ0n) is 16.5. The standard InChI is InChI=1S/C23H16F3NO3S/c1-13-6-7-17(10-14(13)2)27-21(28)20(31-22(27)29)12-18-8-9-19(30-18)15-4-3-5-16(11-15)23(24,25)26/h3-12H,1-2H3/b20-12-. The van der Waals surface area contributed by atoms with Crippen molar-refractivity contribution in [3.05, 3.63) is 82.0 Å². The van der Waals surface area contributed by atoms with Crippen molar-refractivity contribution >= 4 is 34.7 Å². The van der Waals surface area contributed by atoms with Gasteiger partial charge in [-0.05, 0) is 73.1 Å². The van der Waals surface area contributed by atoms with E-state index in [9.17, 15) is 22.8 Å². The second-order valence-corrected chi connectivity index (χ2v) is 8.06. The Morgan fingerprint density at radius 2 is 1.74 bits per heavy atom. The number of hydrogen-bond acceptors (Lipinski definition) is 4. The van der Waals surface area contributed by atoms with Crippen molar-refractivity contribution in [1.29, 1.82) is 0 Å². The molecule has 0 spiro atoms. The average Bonchev–Trinajstić information content (AvgIpc) is 3.28. The van der Waals surface area contributed by atoms with Gasteiger partial charge in [0, 0.05) is 11.6 Å². The molecule has 2 aromatic carbocycles. The average molecular weight is 443 g/mol. The summed E-state index contributed by atoms with van der Waals surface area (Å²) in [5, 5.41) is -0.427. The van der Waals surface area contributed by atoms with Crippen molar-refractivity contribution in [2.75, 3.05) is 4.90 Å². The van der Waals surface area contributed by atoms with E-state index in [1.807, 2.05) is 19.9 Å². The van der Waals surface area contributed by atoms with Crippen LogP contribution in [0.5, 0.6) is 0 Å². The second-order valence-electron chi connectivity index (χ2n) is 7.07. The summed E-state index contributed by atoms with van der Waals surface area (Å²) in [5.74, 6) is 0.0130. The number of nitrogens with zero attached hydrogens (tertiary/aromatic N) is 1. The molecule has 0 atom stereocenters. The molecule has 0 aliphatic carbocycles. The number of amides is 2. The Morgan fingerprint density at radius 3 is 2.45 bits per heavy atom. The van der Waals surface area contributed by atoms with E-state index in [0.29, 0.717) is 5.69 Å². The predicted octanol–water partition coefficient (Wildman–Crippen LogP) is 6.82. The zero-order valence-corrected chi connectivity index (χ0v) is 17.3. The summed E-state index contributed by atoms with van der Waals surface area (Å²) in [6.45, 7) is 3.83. The number of thioether (sulfide) groups is 1. The summed E-state index contributed by atoms with van der Waals surface area (Å²) in [7, 11) is 0. The zero-order chi connectivity index (χ0) is 22.3. The van der Waals surface area contributed by atoms with Gasteiger partial charge in [-0.3, -0.25) is 9.59 Å². The molecule has 0 N–H and O–H groups in total. The van der Waals surface area contributed by atoms with Gasteiger partial charge in [0.25, 0.3) is 11.1 Å². The Labute approximate surface area is 180 Å². The van der Waals surface area contributed by atoms with Gasteiger partial charge in [-0.25, -0.2) is 4.90 Å². The van der Waals surface area contributed by atoms with Crippen LogP contribution in [0, 0.1) is 13.8 Å². The lowest BCUT2D eigenvalue weighted by Gasteiger charge is -2.14. The SMILES string of the molecule is Cc1ccc(N2C(=O)S/C(=C\c3ccc(-c4cccc(C(F)(F)F)c4)o3)C2=O)cc1C. The minimum absolute atomic E-state index is 0.174. The number of hydrogen-bond donors (Lipinski definition) is 0. The predicted molar refractivity (Wildman–Crippen MR) is 114 cm³/mol. The van der Waals surface area contributed by atoms with Gasteiger partial charge >= 0.3 is 6.18 Å². The number of aryl methyl sites for hydroxylation is 2. The number of rotatable bonds is 3. The van der Waals surface area contributed by atoms with E-state index in [1.165, 1.54) is 24.3 Å². The van der Waals surface area contributed by atoms with Crippen molar-refractivity contribution < 1.29 is 27.2 Å². The Bertz CT molecular complexity index is 1230. The molecule has 0 radical (unpaired) electrons. The number of halogens is 3. The summed E-state index contributed by atoms with van der Waals surface area (Å²) in [6, 6.07) is 13.2. The van der Waals surface area contributed by atoms with Gasteiger partial charge in [0.2, 0.25) is 0 Å². The fourth-order valence-corrected chi connectivity index (χ4v) is 3.94. The number of alkyl halides is 3. The molecule has 1 fully saturated rings. The molecule has 2 heterocycles. The van der Waals surface area contributed by atoms with Gasteiger partial charge < -0.3 is 4.42 Å². The minimum atomic E-state index is -4.46. The lowest BCUT2D eigenvalue weighted by atomic mass is 10.1. The maximum atomic E-state index is 12.9. The molecular weight excluding hydrogens is 427 g/mol. The highest BCUT2D eigenvalue weighted by Crippen LogP contribution is 2.37. The van der Waals surface area contributed by atoms with Crippen LogP contribution in [0.15, 0.2) is 63.9 Å². The Morgan fingerprint density at radius 1 is 0.968 bits per heavy atom. The summed E-state index contributed by atoms with van der Waals surface area (Å²) < 4.78 is 44.5. The van der Waals surface area contributed by atoms with Crippen LogP contribution in [-0.4, -0.2) is 11.1 Å². The van der Waals surface area contributed by atoms with Gasteiger partial charge in [0.1, 0.15) is 11.5 Å². The van der Waals surface area contributed by atoms with Crippen molar-refractivity contribution in [3.8, 4) is 11.3 Å². The first-order valence-electron chi connectivity index (χ1n) is 9.26. The van der Waals surface area contributed by atoms with Gasteiger partial charge in [-0.2, -0.15) is 13.2 Å². The third kappa shape index (κ3) is 4.16. The Balaban J connectivity index is 1.60. The summed E-state index contributed by atoms with van der Waals surface area (Å²) in [5.41, 5.74) is 1.97. The van der Waals surface area contributed by atoms with Crippen LogP contribution in [0.4, 0.5) is 23.7 Å². The van der Waals surface area contributed by atoms with Gasteiger partial charge in [0.05, 0.1) is 16.2 Å². The molecule has 3 aromatic rings. The molecule has 1 aromatic heterocycles. The van der Waals surface area contributed by atoms with Crippen LogP contribution in [0.25, 0.3) is 17.4 Å². The molecule has 8 heteroatoms. The third-order valence-electron chi connectivity index (χ3n) is 4.92. The number of furan rings is 1. The molecule has 0 saturated carbocycles. The topological polar surface area (TPSA) is 50.5 Å². The van der Waals surface area contributed by atoms with Crippen LogP contribution in [0.3, 0.4) is 0 Å². The molecule has 1 saturated heterocycles. The quantitative estimate of drug-likeness (QED) is 0.417. The number of carbonyl (C=O) groups excluding carboxylic acids is 2. The molecule has 1 aliphatic heterocycles. The smallest absolute Gasteiger partial charge is 0.416 e. The fourth-order valence-electron chi connectivity index (χ4n) is 3.12. The van der Waals surface area contributed by atoms with E-state index in [-0.39, 0.29) is 22.0 Å². The number of benzene rings is 2. The van der Waals surface area contributed by atoms with E-state index in [4.69, 9.17) is 4.42 Å². The van der Waals surface area contributed by atoms with Crippen LogP contribution in [-0.2, 0) is 11.0 Å². The number of carbonyl (C=O) groups is 2. The van der Waals surface area contributed by atoms with Gasteiger partial charge in [-0.1, -0.05) is 18.2 Å². The van der Waals surface area contributed by atoms with E-state index in [2.05, 4.69) is 0 Å². The first-order valence-corrected chi connectivity index (χ1v) is 10.1. The largest absolute Gasteiger partial charge is 0.457 e. The molecule has 158 valence electrons. The summed E-state index contributed by atoms with van der Waals surface area (Å²) >= 11 is 0.782. The highest BCUT2D eigenvalue weighted by molar-refractivity contribution is 8.19. The minimum Gasteiger partial charge on any atom is -0.457 e. The van der Waals surface area contributed by atoms with Crippen molar-refractivity contribution in [2.24, 2.45) is 0 Å². The van der Waals surface area contributed by atoms with Crippen molar-refractivity contribution in [3.63, 3.8) is 0 Å². The summed E-state index contributed by atoms with van der Waals surface area (Å²) in [4.78, 5) is 26.5. The molecule has 31 heavy (non-hydrogen) atoms. The molecule has 0 unspecified atom stereocenters.